The molecule has 1 aromatic heterocycles. The maximum atomic E-state index is 10.8. The van der Waals surface area contributed by atoms with Gasteiger partial charge >= 0.3 is 5.97 Å². The lowest BCUT2D eigenvalue weighted by molar-refractivity contribution is -0.140. The highest BCUT2D eigenvalue weighted by Crippen LogP contribution is 2.18. The minimum absolute atomic E-state index is 0.179. The summed E-state index contributed by atoms with van der Waals surface area (Å²) in [4.78, 5) is 18.6. The molecule has 0 saturated heterocycles. The molecule has 15 heavy (non-hydrogen) atoms. The van der Waals surface area contributed by atoms with E-state index in [2.05, 4.69) is 36.0 Å². The molecule has 0 saturated carbocycles. The summed E-state index contributed by atoms with van der Waals surface area (Å²) >= 11 is 3.26. The van der Waals surface area contributed by atoms with Gasteiger partial charge in [0.2, 0.25) is 5.95 Å². The molecule has 0 aliphatic rings. The van der Waals surface area contributed by atoms with Crippen molar-refractivity contribution in [3.05, 3.63) is 10.7 Å². The van der Waals surface area contributed by atoms with Gasteiger partial charge in [-0.3, -0.25) is 4.79 Å². The molecule has 0 fully saturated rings. The molecule has 0 spiro atoms. The SMILES string of the molecule is COC(=O)CCNc1nc(N)ncc1Br. The molecule has 0 unspecified atom stereocenters. The predicted molar refractivity (Wildman–Crippen MR) is 59.3 cm³/mol. The Bertz CT molecular complexity index is 358. The Kier molecular flexibility index (Phi) is 4.29. The van der Waals surface area contributed by atoms with Crippen molar-refractivity contribution < 1.29 is 9.53 Å². The number of hydrogen-bond acceptors (Lipinski definition) is 6. The van der Waals surface area contributed by atoms with Gasteiger partial charge in [-0.1, -0.05) is 0 Å². The van der Waals surface area contributed by atoms with Gasteiger partial charge in [0.15, 0.2) is 0 Å². The van der Waals surface area contributed by atoms with Gasteiger partial charge in [-0.25, -0.2) is 4.98 Å². The van der Waals surface area contributed by atoms with Crippen LogP contribution in [0, 0.1) is 0 Å². The van der Waals surface area contributed by atoms with E-state index < -0.39 is 0 Å². The number of carbonyl (C=O) groups is 1. The summed E-state index contributed by atoms with van der Waals surface area (Å²) in [5.41, 5.74) is 5.41. The zero-order valence-electron chi connectivity index (χ0n) is 8.16. The van der Waals surface area contributed by atoms with Gasteiger partial charge in [-0.15, -0.1) is 0 Å². The second kappa shape index (κ2) is 5.50. The Morgan fingerprint density at radius 2 is 2.47 bits per heavy atom. The van der Waals surface area contributed by atoms with Crippen molar-refractivity contribution in [1.82, 2.24) is 9.97 Å². The monoisotopic (exact) mass is 274 g/mol. The largest absolute Gasteiger partial charge is 0.469 e. The number of anilines is 2. The highest BCUT2D eigenvalue weighted by atomic mass is 79.9. The molecular formula is C8H11BrN4O2. The Morgan fingerprint density at radius 1 is 1.73 bits per heavy atom. The topological polar surface area (TPSA) is 90.1 Å². The third kappa shape index (κ3) is 3.70. The summed E-state index contributed by atoms with van der Waals surface area (Å²) in [6, 6.07) is 0. The number of nitrogens with zero attached hydrogens (tertiary/aromatic N) is 2. The molecule has 0 bridgehead atoms. The van der Waals surface area contributed by atoms with Gasteiger partial charge in [0.1, 0.15) is 5.82 Å². The van der Waals surface area contributed by atoms with Crippen molar-refractivity contribution in [1.29, 1.82) is 0 Å². The molecule has 0 amide bonds. The molecule has 0 atom stereocenters. The van der Waals surface area contributed by atoms with Crippen LogP contribution in [0.15, 0.2) is 10.7 Å². The molecule has 1 rings (SSSR count). The number of nitrogen functional groups attached to an aromatic ring is 1. The molecule has 82 valence electrons. The van der Waals surface area contributed by atoms with Crippen LogP contribution < -0.4 is 11.1 Å². The minimum Gasteiger partial charge on any atom is -0.469 e. The van der Waals surface area contributed by atoms with Gasteiger partial charge in [0, 0.05) is 12.7 Å². The van der Waals surface area contributed by atoms with Crippen LogP contribution in [0.3, 0.4) is 0 Å². The van der Waals surface area contributed by atoms with Gasteiger partial charge in [0.05, 0.1) is 18.0 Å². The van der Waals surface area contributed by atoms with Crippen molar-refractivity contribution in [3.63, 3.8) is 0 Å². The van der Waals surface area contributed by atoms with Crippen molar-refractivity contribution in [2.24, 2.45) is 0 Å². The van der Waals surface area contributed by atoms with Crippen molar-refractivity contribution in [3.8, 4) is 0 Å². The first-order valence-corrected chi connectivity index (χ1v) is 5.01. The van der Waals surface area contributed by atoms with E-state index in [1.807, 2.05) is 0 Å². The number of ether oxygens (including phenoxy) is 1. The van der Waals surface area contributed by atoms with Gasteiger partial charge < -0.3 is 15.8 Å². The van der Waals surface area contributed by atoms with E-state index in [4.69, 9.17) is 5.73 Å². The molecule has 0 aliphatic carbocycles. The predicted octanol–water partition coefficient (Wildman–Crippen LogP) is 0.796. The quantitative estimate of drug-likeness (QED) is 0.790. The second-order valence-corrected chi connectivity index (χ2v) is 3.53. The first-order valence-electron chi connectivity index (χ1n) is 4.22. The highest BCUT2D eigenvalue weighted by molar-refractivity contribution is 9.10. The van der Waals surface area contributed by atoms with Gasteiger partial charge in [0.25, 0.3) is 0 Å². The van der Waals surface area contributed by atoms with Crippen LogP contribution in [0.5, 0.6) is 0 Å². The maximum absolute atomic E-state index is 10.8. The number of nitrogens with two attached hydrogens (primary N) is 1. The van der Waals surface area contributed by atoms with E-state index in [0.717, 1.165) is 0 Å². The molecule has 6 nitrogen and oxygen atoms in total. The van der Waals surface area contributed by atoms with E-state index in [1.165, 1.54) is 7.11 Å². The Morgan fingerprint density at radius 3 is 3.13 bits per heavy atom. The number of methoxy groups -OCH3 is 1. The van der Waals surface area contributed by atoms with Crippen LogP contribution in [0.1, 0.15) is 6.42 Å². The Labute approximate surface area is 95.4 Å². The molecule has 1 heterocycles. The number of carbonyl (C=O) groups excluding carboxylic acids is 1. The zero-order chi connectivity index (χ0) is 11.3. The van der Waals surface area contributed by atoms with E-state index in [9.17, 15) is 4.79 Å². The van der Waals surface area contributed by atoms with Gasteiger partial charge in [-0.05, 0) is 15.9 Å². The minimum atomic E-state index is -0.277. The van der Waals surface area contributed by atoms with E-state index in [0.29, 0.717) is 16.8 Å². The average Bonchev–Trinajstić information content (AvgIpc) is 2.23. The van der Waals surface area contributed by atoms with E-state index in [-0.39, 0.29) is 18.3 Å². The van der Waals surface area contributed by atoms with Crippen LogP contribution in [-0.2, 0) is 9.53 Å². The van der Waals surface area contributed by atoms with E-state index in [1.54, 1.807) is 6.20 Å². The van der Waals surface area contributed by atoms with Crippen LogP contribution in [-0.4, -0.2) is 29.6 Å². The van der Waals surface area contributed by atoms with Crippen molar-refractivity contribution >= 4 is 33.7 Å². The van der Waals surface area contributed by atoms with Crippen LogP contribution in [0.25, 0.3) is 0 Å². The summed E-state index contributed by atoms with van der Waals surface area (Å²) in [5.74, 6) is 0.464. The number of hydrogen-bond donors (Lipinski definition) is 2. The third-order valence-electron chi connectivity index (χ3n) is 1.61. The lowest BCUT2D eigenvalue weighted by Gasteiger charge is -2.06. The number of halogens is 1. The molecule has 1 aromatic rings. The summed E-state index contributed by atoms with van der Waals surface area (Å²) < 4.78 is 5.19. The standard InChI is InChI=1S/C8H11BrN4O2/c1-15-6(14)2-3-11-7-5(9)4-12-8(10)13-7/h4H,2-3H2,1H3,(H3,10,11,12,13). The first kappa shape index (κ1) is 11.7. The van der Waals surface area contributed by atoms with Crippen molar-refractivity contribution in [2.75, 3.05) is 24.7 Å². The van der Waals surface area contributed by atoms with Crippen molar-refractivity contribution in [2.45, 2.75) is 6.42 Å². The van der Waals surface area contributed by atoms with Gasteiger partial charge in [-0.2, -0.15) is 4.98 Å². The summed E-state index contributed by atoms with van der Waals surface area (Å²) in [5, 5.41) is 2.94. The lowest BCUT2D eigenvalue weighted by Crippen LogP contribution is -2.11. The average molecular weight is 275 g/mol. The fraction of sp³-hybridized carbons (Fsp3) is 0.375. The zero-order valence-corrected chi connectivity index (χ0v) is 9.74. The van der Waals surface area contributed by atoms with E-state index >= 15 is 0 Å². The second-order valence-electron chi connectivity index (χ2n) is 2.68. The molecule has 7 heteroatoms. The maximum Gasteiger partial charge on any atom is 0.307 e. The molecule has 0 aromatic carbocycles. The highest BCUT2D eigenvalue weighted by Gasteiger charge is 2.04. The number of rotatable bonds is 4. The first-order chi connectivity index (χ1) is 7.13. The molecule has 3 N–H and O–H groups in total. The smallest absolute Gasteiger partial charge is 0.307 e. The number of nitrogens with one attached hydrogen (secondary N) is 1. The number of esters is 1. The molecule has 0 aliphatic heterocycles. The summed E-state index contributed by atoms with van der Waals surface area (Å²) in [7, 11) is 1.35. The third-order valence-corrected chi connectivity index (χ3v) is 2.19. The molecule has 0 radical (unpaired) electrons. The summed E-state index contributed by atoms with van der Waals surface area (Å²) in [6.07, 6.45) is 1.82. The fourth-order valence-corrected chi connectivity index (χ4v) is 1.22. The van der Waals surface area contributed by atoms with Crippen LogP contribution in [0.4, 0.5) is 11.8 Å². The Hall–Kier alpha value is -1.37. The lowest BCUT2D eigenvalue weighted by atomic mass is 10.4. The molecular weight excluding hydrogens is 264 g/mol. The number of aromatic nitrogens is 2. The van der Waals surface area contributed by atoms with Crippen LogP contribution in [0.2, 0.25) is 0 Å². The Balaban J connectivity index is 2.50. The normalized spacial score (nSPS) is 9.73. The fourth-order valence-electron chi connectivity index (χ4n) is 0.890. The van der Waals surface area contributed by atoms with Crippen LogP contribution >= 0.6 is 15.9 Å². The summed E-state index contributed by atoms with van der Waals surface area (Å²) in [6.45, 7) is 0.432.